The van der Waals surface area contributed by atoms with Gasteiger partial charge in [0.05, 0.1) is 6.61 Å². The SMILES string of the molecule is COCCc1noc(CN2C(=O)CN(Cc3ccccc3Cl)C(=O)[C@@H]2C)n1.O=CO. The molecule has 0 aliphatic carbocycles. The summed E-state index contributed by atoms with van der Waals surface area (Å²) in [5, 5.41) is 11.3. The fourth-order valence-corrected chi connectivity index (χ4v) is 3.13. The van der Waals surface area contributed by atoms with Crippen LogP contribution in [0.1, 0.15) is 24.2 Å². The molecule has 11 heteroatoms. The molecule has 1 N–H and O–H groups in total. The van der Waals surface area contributed by atoms with Crippen molar-refractivity contribution < 1.29 is 28.8 Å². The number of hydrogen-bond donors (Lipinski definition) is 1. The van der Waals surface area contributed by atoms with Gasteiger partial charge in [-0.15, -0.1) is 0 Å². The highest BCUT2D eigenvalue weighted by Gasteiger charge is 2.37. The molecule has 0 radical (unpaired) electrons. The summed E-state index contributed by atoms with van der Waals surface area (Å²) in [5.74, 6) is 0.490. The molecule has 1 aliphatic heterocycles. The standard InChI is InChI=1S/C18H21ClN4O4.CH2O2/c1-12-18(25)22(9-13-5-3-4-6-14(13)19)11-17(24)23(12)10-16-20-15(21-27-16)7-8-26-2;2-1-3/h3-6,12H,7-11H2,1-2H3;1H,(H,2,3)/t12-;/m0./s1. The second-order valence-electron chi connectivity index (χ2n) is 6.44. The van der Waals surface area contributed by atoms with Gasteiger partial charge in [-0.1, -0.05) is 35.0 Å². The van der Waals surface area contributed by atoms with E-state index in [4.69, 9.17) is 30.8 Å². The summed E-state index contributed by atoms with van der Waals surface area (Å²) in [7, 11) is 1.59. The Bertz CT molecular complexity index is 874. The van der Waals surface area contributed by atoms with Crippen molar-refractivity contribution in [2.45, 2.75) is 32.5 Å². The highest BCUT2D eigenvalue weighted by Crippen LogP contribution is 2.21. The number of hydrogen-bond acceptors (Lipinski definition) is 7. The normalized spacial score (nSPS) is 16.3. The van der Waals surface area contributed by atoms with Gasteiger partial charge in [0.2, 0.25) is 17.7 Å². The molecule has 0 spiro atoms. The molecule has 2 heterocycles. The van der Waals surface area contributed by atoms with Crippen LogP contribution in [0.4, 0.5) is 0 Å². The van der Waals surface area contributed by atoms with Crippen LogP contribution in [0, 0.1) is 0 Å². The second kappa shape index (κ2) is 11.3. The first-order chi connectivity index (χ1) is 14.4. The van der Waals surface area contributed by atoms with E-state index >= 15 is 0 Å². The van der Waals surface area contributed by atoms with Crippen LogP contribution in [0.3, 0.4) is 0 Å². The van der Waals surface area contributed by atoms with E-state index in [1.807, 2.05) is 18.2 Å². The minimum absolute atomic E-state index is 0.0148. The zero-order valence-corrected chi connectivity index (χ0v) is 17.4. The lowest BCUT2D eigenvalue weighted by Crippen LogP contribution is -2.58. The number of nitrogens with zero attached hydrogens (tertiary/aromatic N) is 4. The molecule has 1 saturated heterocycles. The van der Waals surface area contributed by atoms with Crippen molar-refractivity contribution in [3.05, 3.63) is 46.6 Å². The molecular formula is C19H23ClN4O6. The third-order valence-electron chi connectivity index (χ3n) is 4.45. The number of ether oxygens (including phenoxy) is 1. The van der Waals surface area contributed by atoms with Gasteiger partial charge in [-0.05, 0) is 18.6 Å². The fourth-order valence-electron chi connectivity index (χ4n) is 2.93. The van der Waals surface area contributed by atoms with Crippen LogP contribution in [0.5, 0.6) is 0 Å². The molecule has 2 amide bonds. The Hall–Kier alpha value is -2.98. The average Bonchev–Trinajstić information content (AvgIpc) is 3.17. The van der Waals surface area contributed by atoms with Gasteiger partial charge in [-0.25, -0.2) is 0 Å². The van der Waals surface area contributed by atoms with Crippen LogP contribution in [0.15, 0.2) is 28.8 Å². The molecule has 10 nitrogen and oxygen atoms in total. The molecular weight excluding hydrogens is 416 g/mol. The number of halogens is 1. The van der Waals surface area contributed by atoms with E-state index in [0.717, 1.165) is 5.56 Å². The van der Waals surface area contributed by atoms with Crippen LogP contribution in [-0.4, -0.2) is 69.6 Å². The minimum Gasteiger partial charge on any atom is -0.483 e. The van der Waals surface area contributed by atoms with E-state index in [9.17, 15) is 9.59 Å². The van der Waals surface area contributed by atoms with Crippen molar-refractivity contribution in [3.8, 4) is 0 Å². The lowest BCUT2D eigenvalue weighted by molar-refractivity contribution is -0.156. The summed E-state index contributed by atoms with van der Waals surface area (Å²) in [6.45, 7) is 2.31. The van der Waals surface area contributed by atoms with E-state index in [1.54, 1.807) is 20.1 Å². The highest BCUT2D eigenvalue weighted by atomic mass is 35.5. The minimum atomic E-state index is -0.622. The topological polar surface area (TPSA) is 126 Å². The van der Waals surface area contributed by atoms with Crippen molar-refractivity contribution in [2.75, 3.05) is 20.3 Å². The Balaban J connectivity index is 0.00000101. The maximum atomic E-state index is 12.7. The first kappa shape index (κ1) is 23.3. The van der Waals surface area contributed by atoms with Crippen molar-refractivity contribution in [2.24, 2.45) is 0 Å². The molecule has 30 heavy (non-hydrogen) atoms. The Kier molecular flexibility index (Phi) is 8.75. The molecule has 1 atom stereocenters. The lowest BCUT2D eigenvalue weighted by atomic mass is 10.1. The fraction of sp³-hybridized carbons (Fsp3) is 0.421. The molecule has 162 valence electrons. The van der Waals surface area contributed by atoms with Crippen molar-refractivity contribution in [3.63, 3.8) is 0 Å². The van der Waals surface area contributed by atoms with Gasteiger partial charge in [0.1, 0.15) is 19.1 Å². The zero-order valence-electron chi connectivity index (χ0n) is 16.7. The van der Waals surface area contributed by atoms with Crippen LogP contribution < -0.4 is 0 Å². The molecule has 1 aromatic carbocycles. The molecule has 0 saturated carbocycles. The molecule has 1 aromatic heterocycles. The van der Waals surface area contributed by atoms with Crippen LogP contribution in [-0.2, 0) is 38.6 Å². The van der Waals surface area contributed by atoms with Crippen molar-refractivity contribution in [1.29, 1.82) is 0 Å². The Morgan fingerprint density at radius 1 is 1.33 bits per heavy atom. The Labute approximate surface area is 178 Å². The summed E-state index contributed by atoms with van der Waals surface area (Å²) in [5.41, 5.74) is 0.806. The number of carbonyl (C=O) groups is 3. The predicted octanol–water partition coefficient (Wildman–Crippen LogP) is 1.37. The molecule has 3 rings (SSSR count). The predicted molar refractivity (Wildman–Crippen MR) is 105 cm³/mol. The summed E-state index contributed by atoms with van der Waals surface area (Å²) < 4.78 is 10.2. The number of methoxy groups -OCH3 is 1. The number of carbonyl (C=O) groups excluding carboxylic acids is 2. The van der Waals surface area contributed by atoms with E-state index in [1.165, 1.54) is 9.80 Å². The molecule has 2 aromatic rings. The summed E-state index contributed by atoms with van der Waals surface area (Å²) >= 11 is 6.17. The number of amides is 2. The monoisotopic (exact) mass is 438 g/mol. The lowest BCUT2D eigenvalue weighted by Gasteiger charge is -2.38. The van der Waals surface area contributed by atoms with E-state index < -0.39 is 6.04 Å². The summed E-state index contributed by atoms with van der Waals surface area (Å²) in [4.78, 5) is 40.9. The second-order valence-corrected chi connectivity index (χ2v) is 6.84. The van der Waals surface area contributed by atoms with Crippen LogP contribution in [0.25, 0.3) is 0 Å². The van der Waals surface area contributed by atoms with Crippen LogP contribution in [0.2, 0.25) is 5.02 Å². The maximum Gasteiger partial charge on any atom is 0.290 e. The van der Waals surface area contributed by atoms with Gasteiger partial charge in [-0.3, -0.25) is 14.4 Å². The van der Waals surface area contributed by atoms with Crippen LogP contribution >= 0.6 is 11.6 Å². The summed E-state index contributed by atoms with van der Waals surface area (Å²) in [6.07, 6.45) is 0.522. The van der Waals surface area contributed by atoms with Crippen molar-refractivity contribution >= 4 is 29.9 Å². The number of piperazine rings is 1. The first-order valence-corrected chi connectivity index (χ1v) is 9.49. The molecule has 0 unspecified atom stereocenters. The number of rotatable bonds is 7. The number of aromatic nitrogens is 2. The molecule has 0 bridgehead atoms. The van der Waals surface area contributed by atoms with Crippen molar-refractivity contribution in [1.82, 2.24) is 19.9 Å². The Morgan fingerprint density at radius 3 is 2.70 bits per heavy atom. The van der Waals surface area contributed by atoms with Gasteiger partial charge < -0.3 is 24.2 Å². The smallest absolute Gasteiger partial charge is 0.290 e. The van der Waals surface area contributed by atoms with Gasteiger partial charge in [0, 0.05) is 25.1 Å². The molecule has 1 aliphatic rings. The quantitative estimate of drug-likeness (QED) is 0.642. The van der Waals surface area contributed by atoms with Gasteiger partial charge >= 0.3 is 0 Å². The zero-order chi connectivity index (χ0) is 22.1. The average molecular weight is 439 g/mol. The third-order valence-corrected chi connectivity index (χ3v) is 4.82. The van der Waals surface area contributed by atoms with Gasteiger partial charge in [-0.2, -0.15) is 4.98 Å². The first-order valence-electron chi connectivity index (χ1n) is 9.11. The maximum absolute atomic E-state index is 12.7. The molecule has 1 fully saturated rings. The van der Waals surface area contributed by atoms with Gasteiger partial charge in [0.25, 0.3) is 6.47 Å². The van der Waals surface area contributed by atoms with E-state index in [2.05, 4.69) is 10.1 Å². The third kappa shape index (κ3) is 6.01. The van der Waals surface area contributed by atoms with E-state index in [-0.39, 0.29) is 31.4 Å². The highest BCUT2D eigenvalue weighted by molar-refractivity contribution is 6.31. The van der Waals surface area contributed by atoms with Gasteiger partial charge in [0.15, 0.2) is 5.82 Å². The number of carboxylic acid groups (broad SMARTS) is 1. The summed E-state index contributed by atoms with van der Waals surface area (Å²) in [6, 6.07) is 6.66. The largest absolute Gasteiger partial charge is 0.483 e. The van der Waals surface area contributed by atoms with E-state index in [0.29, 0.717) is 36.3 Å². The Morgan fingerprint density at radius 2 is 2.03 bits per heavy atom. The number of benzene rings is 1.